The molecule has 0 fully saturated rings. The SMILES string of the molecule is CCCCn1c(S[C@H](C)C(=O)c2ccc(F)cc2)nc2ccccc2c1=O. The quantitative estimate of drug-likeness (QED) is 0.337. The number of unbranched alkanes of at least 4 members (excludes halogenated alkanes) is 1. The summed E-state index contributed by atoms with van der Waals surface area (Å²) in [7, 11) is 0. The van der Waals surface area contributed by atoms with Crippen molar-refractivity contribution in [3.05, 3.63) is 70.3 Å². The molecule has 1 heterocycles. The molecular weight excluding hydrogens is 363 g/mol. The van der Waals surface area contributed by atoms with Gasteiger partial charge >= 0.3 is 0 Å². The highest BCUT2D eigenvalue weighted by Crippen LogP contribution is 2.25. The largest absolute Gasteiger partial charge is 0.293 e. The molecule has 1 atom stereocenters. The number of fused-ring (bicyclic) bond motifs is 1. The Hall–Kier alpha value is -2.47. The minimum Gasteiger partial charge on any atom is -0.293 e. The van der Waals surface area contributed by atoms with Gasteiger partial charge in [-0.15, -0.1) is 0 Å². The zero-order valence-electron chi connectivity index (χ0n) is 15.3. The maximum atomic E-state index is 13.1. The Labute approximate surface area is 161 Å². The third-order valence-corrected chi connectivity index (χ3v) is 5.43. The first-order valence-corrected chi connectivity index (χ1v) is 9.85. The molecule has 0 unspecified atom stereocenters. The monoisotopic (exact) mass is 384 g/mol. The Morgan fingerprint density at radius 1 is 1.19 bits per heavy atom. The van der Waals surface area contributed by atoms with Crippen LogP contribution in [0.1, 0.15) is 37.0 Å². The van der Waals surface area contributed by atoms with E-state index in [-0.39, 0.29) is 17.2 Å². The second kappa shape index (κ2) is 8.48. The average molecular weight is 384 g/mol. The molecule has 4 nitrogen and oxygen atoms in total. The number of aromatic nitrogens is 2. The molecule has 1 aromatic heterocycles. The van der Waals surface area contributed by atoms with Crippen LogP contribution in [0.15, 0.2) is 58.5 Å². The van der Waals surface area contributed by atoms with Gasteiger partial charge in [0.1, 0.15) is 5.82 Å². The molecule has 0 N–H and O–H groups in total. The fourth-order valence-corrected chi connectivity index (χ4v) is 3.82. The van der Waals surface area contributed by atoms with Crippen LogP contribution in [0.5, 0.6) is 0 Å². The van der Waals surface area contributed by atoms with E-state index in [0.29, 0.717) is 28.2 Å². The van der Waals surface area contributed by atoms with Crippen LogP contribution in [0.2, 0.25) is 0 Å². The number of hydrogen-bond acceptors (Lipinski definition) is 4. The molecule has 3 rings (SSSR count). The van der Waals surface area contributed by atoms with Crippen molar-refractivity contribution in [1.82, 2.24) is 9.55 Å². The number of carbonyl (C=O) groups excluding carboxylic acids is 1. The minimum absolute atomic E-state index is 0.0852. The van der Waals surface area contributed by atoms with Crippen LogP contribution < -0.4 is 5.56 Å². The zero-order valence-corrected chi connectivity index (χ0v) is 16.1. The van der Waals surface area contributed by atoms with Crippen LogP contribution >= 0.6 is 11.8 Å². The summed E-state index contributed by atoms with van der Waals surface area (Å²) in [6, 6.07) is 12.7. The van der Waals surface area contributed by atoms with Crippen LogP contribution in [0.25, 0.3) is 10.9 Å². The lowest BCUT2D eigenvalue weighted by Gasteiger charge is -2.15. The zero-order chi connectivity index (χ0) is 19.4. The van der Waals surface area contributed by atoms with Gasteiger partial charge in [0.2, 0.25) is 0 Å². The van der Waals surface area contributed by atoms with Gasteiger partial charge in [-0.2, -0.15) is 0 Å². The van der Waals surface area contributed by atoms with E-state index in [1.165, 1.54) is 36.0 Å². The standard InChI is InChI=1S/C21H21FN2O2S/c1-3-4-13-24-20(26)17-7-5-6-8-18(17)23-21(24)27-14(2)19(25)15-9-11-16(22)12-10-15/h5-12,14H,3-4,13H2,1-2H3/t14-/m1/s1. The maximum Gasteiger partial charge on any atom is 0.262 e. The van der Waals surface area contributed by atoms with Gasteiger partial charge in [-0.1, -0.05) is 37.2 Å². The number of ketones is 1. The normalized spacial score (nSPS) is 12.3. The summed E-state index contributed by atoms with van der Waals surface area (Å²) < 4.78 is 14.8. The van der Waals surface area contributed by atoms with Gasteiger partial charge < -0.3 is 0 Å². The first kappa shape index (κ1) is 19.3. The first-order chi connectivity index (χ1) is 13.0. The van der Waals surface area contributed by atoms with E-state index >= 15 is 0 Å². The van der Waals surface area contributed by atoms with Crippen LogP contribution in [0, 0.1) is 5.82 Å². The van der Waals surface area contributed by atoms with Gasteiger partial charge in [0.05, 0.1) is 16.2 Å². The fourth-order valence-electron chi connectivity index (χ4n) is 2.81. The van der Waals surface area contributed by atoms with E-state index in [0.717, 1.165) is 12.8 Å². The van der Waals surface area contributed by atoms with Crippen LogP contribution in [0.4, 0.5) is 4.39 Å². The number of Topliss-reactive ketones (excluding diaryl/α,β-unsaturated/α-hetero) is 1. The van der Waals surface area contributed by atoms with E-state index in [1.807, 2.05) is 12.1 Å². The fraction of sp³-hybridized carbons (Fsp3) is 0.286. The van der Waals surface area contributed by atoms with E-state index in [4.69, 9.17) is 0 Å². The third-order valence-electron chi connectivity index (χ3n) is 4.34. The van der Waals surface area contributed by atoms with Gasteiger partial charge in [-0.3, -0.25) is 14.2 Å². The van der Waals surface area contributed by atoms with E-state index in [2.05, 4.69) is 11.9 Å². The van der Waals surface area contributed by atoms with Crippen molar-refractivity contribution in [3.63, 3.8) is 0 Å². The van der Waals surface area contributed by atoms with Crippen molar-refractivity contribution in [2.24, 2.45) is 0 Å². The number of halogens is 1. The van der Waals surface area contributed by atoms with Gasteiger partial charge in [0.25, 0.3) is 5.56 Å². The number of benzene rings is 2. The molecule has 0 amide bonds. The predicted octanol–water partition coefficient (Wildman–Crippen LogP) is 4.70. The predicted molar refractivity (Wildman–Crippen MR) is 107 cm³/mol. The summed E-state index contributed by atoms with van der Waals surface area (Å²) >= 11 is 1.27. The second-order valence-electron chi connectivity index (χ2n) is 6.35. The Bertz CT molecular complexity index is 1010. The van der Waals surface area contributed by atoms with Crippen molar-refractivity contribution in [2.75, 3.05) is 0 Å². The number of rotatable bonds is 7. The molecule has 0 saturated heterocycles. The molecule has 0 bridgehead atoms. The topological polar surface area (TPSA) is 52.0 Å². The number of thioether (sulfide) groups is 1. The molecule has 6 heteroatoms. The van der Waals surface area contributed by atoms with Gasteiger partial charge in [0.15, 0.2) is 10.9 Å². The highest BCUT2D eigenvalue weighted by molar-refractivity contribution is 8.00. The number of para-hydroxylation sites is 1. The molecular formula is C21H21FN2O2S. The molecule has 27 heavy (non-hydrogen) atoms. The Morgan fingerprint density at radius 2 is 1.89 bits per heavy atom. The van der Waals surface area contributed by atoms with Crippen LogP contribution in [-0.4, -0.2) is 20.6 Å². The second-order valence-corrected chi connectivity index (χ2v) is 7.66. The maximum absolute atomic E-state index is 13.1. The Kier molecular flexibility index (Phi) is 6.06. The number of carbonyl (C=O) groups is 1. The smallest absolute Gasteiger partial charge is 0.262 e. The molecule has 0 saturated carbocycles. The van der Waals surface area contributed by atoms with Crippen molar-refractivity contribution >= 4 is 28.4 Å². The summed E-state index contributed by atoms with van der Waals surface area (Å²) in [5.74, 6) is -0.499. The summed E-state index contributed by atoms with van der Waals surface area (Å²) in [6.45, 7) is 4.40. The lowest BCUT2D eigenvalue weighted by Crippen LogP contribution is -2.25. The van der Waals surface area contributed by atoms with Gasteiger partial charge in [-0.05, 0) is 49.7 Å². The van der Waals surface area contributed by atoms with Crippen LogP contribution in [-0.2, 0) is 6.54 Å². The third kappa shape index (κ3) is 4.27. The molecule has 140 valence electrons. The summed E-state index contributed by atoms with van der Waals surface area (Å²) in [5, 5.41) is 0.668. The molecule has 0 aliphatic rings. The number of nitrogens with zero attached hydrogens (tertiary/aromatic N) is 2. The molecule has 0 spiro atoms. The highest BCUT2D eigenvalue weighted by Gasteiger charge is 2.20. The molecule has 0 radical (unpaired) electrons. The van der Waals surface area contributed by atoms with Crippen molar-refractivity contribution < 1.29 is 9.18 Å². The summed E-state index contributed by atoms with van der Waals surface area (Å²) in [5.41, 5.74) is 0.983. The van der Waals surface area contributed by atoms with E-state index < -0.39 is 5.25 Å². The average Bonchev–Trinajstić information content (AvgIpc) is 2.68. The van der Waals surface area contributed by atoms with Crippen molar-refractivity contribution in [1.29, 1.82) is 0 Å². The lowest BCUT2D eigenvalue weighted by molar-refractivity contribution is 0.0993. The van der Waals surface area contributed by atoms with Gasteiger partial charge in [0, 0.05) is 12.1 Å². The van der Waals surface area contributed by atoms with E-state index in [1.54, 1.807) is 23.6 Å². The first-order valence-electron chi connectivity index (χ1n) is 8.97. The minimum atomic E-state index is -0.448. The lowest BCUT2D eigenvalue weighted by atomic mass is 10.1. The van der Waals surface area contributed by atoms with Crippen molar-refractivity contribution in [2.45, 2.75) is 43.6 Å². The number of hydrogen-bond donors (Lipinski definition) is 0. The van der Waals surface area contributed by atoms with Gasteiger partial charge in [-0.25, -0.2) is 9.37 Å². The van der Waals surface area contributed by atoms with E-state index in [9.17, 15) is 14.0 Å². The highest BCUT2D eigenvalue weighted by atomic mass is 32.2. The Morgan fingerprint density at radius 3 is 2.59 bits per heavy atom. The summed E-state index contributed by atoms with van der Waals surface area (Å²) in [6.07, 6.45) is 1.81. The van der Waals surface area contributed by atoms with Crippen molar-refractivity contribution in [3.8, 4) is 0 Å². The molecule has 3 aromatic rings. The molecule has 2 aromatic carbocycles. The van der Waals surface area contributed by atoms with Crippen LogP contribution in [0.3, 0.4) is 0 Å². The molecule has 0 aliphatic heterocycles. The molecule has 0 aliphatic carbocycles. The Balaban J connectivity index is 1.95. The summed E-state index contributed by atoms with van der Waals surface area (Å²) in [4.78, 5) is 30.2.